The van der Waals surface area contributed by atoms with Crippen molar-refractivity contribution in [3.63, 3.8) is 0 Å². The zero-order chi connectivity index (χ0) is 12.4. The van der Waals surface area contributed by atoms with Crippen LogP contribution in [0, 0.1) is 6.92 Å². The first-order valence-electron chi connectivity index (χ1n) is 5.40. The summed E-state index contributed by atoms with van der Waals surface area (Å²) in [6.07, 6.45) is 0.337. The van der Waals surface area contributed by atoms with Gasteiger partial charge in [0.2, 0.25) is 6.29 Å². The number of aromatic amines is 1. The minimum absolute atomic E-state index is 0.337. The summed E-state index contributed by atoms with van der Waals surface area (Å²) in [4.78, 5) is 26.3. The summed E-state index contributed by atoms with van der Waals surface area (Å²) in [5, 5.41) is 1.09. The van der Waals surface area contributed by atoms with Crippen molar-refractivity contribution in [2.24, 2.45) is 0 Å². The van der Waals surface area contributed by atoms with E-state index in [1.807, 2.05) is 31.2 Å². The van der Waals surface area contributed by atoms with Gasteiger partial charge in [0.15, 0.2) is 0 Å². The van der Waals surface area contributed by atoms with E-state index < -0.39 is 5.91 Å². The van der Waals surface area contributed by atoms with Gasteiger partial charge in [0.1, 0.15) is 0 Å². The summed E-state index contributed by atoms with van der Waals surface area (Å²) in [7, 11) is 1.62. The second-order valence-electron chi connectivity index (χ2n) is 4.09. The second kappa shape index (κ2) is 4.41. The zero-order valence-electron chi connectivity index (χ0n) is 9.86. The molecule has 0 aliphatic carbocycles. The molecular formula is C13H14N2O2. The predicted octanol–water partition coefficient (Wildman–Crippen LogP) is 1.63. The Hall–Kier alpha value is -2.10. The fourth-order valence-corrected chi connectivity index (χ4v) is 1.94. The predicted molar refractivity (Wildman–Crippen MR) is 65.6 cm³/mol. The molecule has 2 aromatic rings. The molecule has 0 bridgehead atoms. The van der Waals surface area contributed by atoms with Crippen LogP contribution in [0.4, 0.5) is 0 Å². The molecule has 0 fully saturated rings. The minimum Gasteiger partial charge on any atom is -0.358 e. The number of carbonyl (C=O) groups excluding carboxylic acids is 2. The van der Waals surface area contributed by atoms with Gasteiger partial charge in [-0.1, -0.05) is 18.2 Å². The third kappa shape index (κ3) is 2.06. The van der Waals surface area contributed by atoms with Gasteiger partial charge >= 0.3 is 0 Å². The highest BCUT2D eigenvalue weighted by Gasteiger charge is 2.13. The molecule has 1 aromatic carbocycles. The Morgan fingerprint density at radius 2 is 2.12 bits per heavy atom. The van der Waals surface area contributed by atoms with Gasteiger partial charge in [0.05, 0.1) is 0 Å². The molecule has 4 heteroatoms. The molecule has 0 saturated heterocycles. The molecule has 1 N–H and O–H groups in total. The number of amides is 1. The fraction of sp³-hybridized carbons (Fsp3) is 0.231. The molecule has 0 aliphatic rings. The highest BCUT2D eigenvalue weighted by atomic mass is 16.2. The normalized spacial score (nSPS) is 10.5. The number of aromatic nitrogens is 1. The number of benzene rings is 1. The molecule has 0 unspecified atom stereocenters. The minimum atomic E-state index is -0.505. The maximum absolute atomic E-state index is 11.2. The molecule has 0 radical (unpaired) electrons. The van der Waals surface area contributed by atoms with Crippen molar-refractivity contribution in [3.05, 3.63) is 35.5 Å². The highest BCUT2D eigenvalue weighted by molar-refractivity contribution is 6.23. The maximum Gasteiger partial charge on any atom is 0.286 e. The smallest absolute Gasteiger partial charge is 0.286 e. The van der Waals surface area contributed by atoms with E-state index in [9.17, 15) is 9.59 Å². The molecule has 1 amide bonds. The standard InChI is InChI=1S/C13H14N2O2/c1-9-11(7-15(2)13(17)8-16)10-5-3-4-6-12(10)14-9/h3-6,8,14H,7H2,1-2H3. The molecular weight excluding hydrogens is 216 g/mol. The SMILES string of the molecule is Cc1[nH]c2ccccc2c1CN(C)C(=O)C=O. The van der Waals surface area contributed by atoms with Gasteiger partial charge in [-0.25, -0.2) is 0 Å². The third-order valence-corrected chi connectivity index (χ3v) is 2.90. The van der Waals surface area contributed by atoms with Crippen molar-refractivity contribution in [1.29, 1.82) is 0 Å². The van der Waals surface area contributed by atoms with Crippen molar-refractivity contribution >= 4 is 23.1 Å². The van der Waals surface area contributed by atoms with Crippen molar-refractivity contribution < 1.29 is 9.59 Å². The van der Waals surface area contributed by atoms with Crippen molar-refractivity contribution in [2.45, 2.75) is 13.5 Å². The summed E-state index contributed by atoms with van der Waals surface area (Å²) in [6, 6.07) is 7.92. The molecule has 0 atom stereocenters. The van der Waals surface area contributed by atoms with E-state index in [1.54, 1.807) is 7.05 Å². The van der Waals surface area contributed by atoms with Crippen LogP contribution in [0.5, 0.6) is 0 Å². The Bertz CT molecular complexity index is 572. The van der Waals surface area contributed by atoms with Gasteiger partial charge in [-0.05, 0) is 18.6 Å². The average Bonchev–Trinajstić information content (AvgIpc) is 2.65. The Balaban J connectivity index is 2.38. The first-order chi connectivity index (χ1) is 8.13. The molecule has 0 aliphatic heterocycles. The summed E-state index contributed by atoms with van der Waals surface area (Å²) in [6.45, 7) is 2.40. The van der Waals surface area contributed by atoms with Crippen molar-refractivity contribution in [1.82, 2.24) is 9.88 Å². The molecule has 1 aromatic heterocycles. The molecule has 1 heterocycles. The third-order valence-electron chi connectivity index (χ3n) is 2.90. The summed E-state index contributed by atoms with van der Waals surface area (Å²) in [5.41, 5.74) is 3.13. The van der Waals surface area contributed by atoms with Crippen molar-refractivity contribution in [3.8, 4) is 0 Å². The number of H-pyrrole nitrogens is 1. The van der Waals surface area contributed by atoms with Crippen LogP contribution < -0.4 is 0 Å². The van der Waals surface area contributed by atoms with Gasteiger partial charge < -0.3 is 9.88 Å². The number of hydrogen-bond donors (Lipinski definition) is 1. The first kappa shape index (κ1) is 11.4. The van der Waals surface area contributed by atoms with E-state index in [0.717, 1.165) is 22.2 Å². The average molecular weight is 230 g/mol. The number of rotatable bonds is 3. The Morgan fingerprint density at radius 1 is 1.41 bits per heavy atom. The fourth-order valence-electron chi connectivity index (χ4n) is 1.94. The van der Waals surface area contributed by atoms with E-state index in [2.05, 4.69) is 4.98 Å². The Kier molecular flexibility index (Phi) is 2.95. The lowest BCUT2D eigenvalue weighted by molar-refractivity contribution is -0.138. The Morgan fingerprint density at radius 3 is 2.82 bits per heavy atom. The van der Waals surface area contributed by atoms with Crippen molar-refractivity contribution in [2.75, 3.05) is 7.05 Å². The topological polar surface area (TPSA) is 53.2 Å². The van der Waals surface area contributed by atoms with E-state index >= 15 is 0 Å². The first-order valence-corrected chi connectivity index (χ1v) is 5.40. The summed E-state index contributed by atoms with van der Waals surface area (Å²) in [5.74, 6) is -0.505. The van der Waals surface area contributed by atoms with Crippen LogP contribution in [-0.4, -0.2) is 29.1 Å². The van der Waals surface area contributed by atoms with E-state index in [1.165, 1.54) is 4.90 Å². The number of aryl methyl sites for hydroxylation is 1. The largest absolute Gasteiger partial charge is 0.358 e. The van der Waals surface area contributed by atoms with Gasteiger partial charge in [0, 0.05) is 30.2 Å². The number of likely N-dealkylation sites (N-methyl/N-ethyl adjacent to an activating group) is 1. The second-order valence-corrected chi connectivity index (χ2v) is 4.09. The van der Waals surface area contributed by atoms with Gasteiger partial charge in [0.25, 0.3) is 5.91 Å². The molecule has 88 valence electrons. The van der Waals surface area contributed by atoms with Crippen LogP contribution in [0.3, 0.4) is 0 Å². The number of nitrogens with zero attached hydrogens (tertiary/aromatic N) is 1. The monoisotopic (exact) mass is 230 g/mol. The van der Waals surface area contributed by atoms with E-state index in [0.29, 0.717) is 12.8 Å². The number of para-hydroxylation sites is 1. The quantitative estimate of drug-likeness (QED) is 0.643. The lowest BCUT2D eigenvalue weighted by Gasteiger charge is -2.13. The number of aldehydes is 1. The van der Waals surface area contributed by atoms with Crippen LogP contribution in [0.25, 0.3) is 10.9 Å². The van der Waals surface area contributed by atoms with Gasteiger partial charge in [-0.2, -0.15) is 0 Å². The van der Waals surface area contributed by atoms with E-state index in [-0.39, 0.29) is 0 Å². The van der Waals surface area contributed by atoms with Gasteiger partial charge in [-0.15, -0.1) is 0 Å². The van der Waals surface area contributed by atoms with E-state index in [4.69, 9.17) is 0 Å². The van der Waals surface area contributed by atoms with Crippen LogP contribution in [0.2, 0.25) is 0 Å². The maximum atomic E-state index is 11.2. The molecule has 4 nitrogen and oxygen atoms in total. The van der Waals surface area contributed by atoms with Crippen LogP contribution in [-0.2, 0) is 16.1 Å². The summed E-state index contributed by atoms with van der Waals surface area (Å²) >= 11 is 0. The van der Waals surface area contributed by atoms with Crippen LogP contribution >= 0.6 is 0 Å². The van der Waals surface area contributed by atoms with Crippen LogP contribution in [0.1, 0.15) is 11.3 Å². The molecule has 0 spiro atoms. The van der Waals surface area contributed by atoms with Crippen LogP contribution in [0.15, 0.2) is 24.3 Å². The highest BCUT2D eigenvalue weighted by Crippen LogP contribution is 2.22. The molecule has 2 rings (SSSR count). The van der Waals surface area contributed by atoms with Gasteiger partial charge in [-0.3, -0.25) is 9.59 Å². The number of nitrogens with one attached hydrogen (secondary N) is 1. The Labute approximate surface area is 99.2 Å². The lowest BCUT2D eigenvalue weighted by atomic mass is 10.1. The number of hydrogen-bond acceptors (Lipinski definition) is 2. The molecule has 17 heavy (non-hydrogen) atoms. The number of carbonyl (C=O) groups is 2. The summed E-state index contributed by atoms with van der Waals surface area (Å²) < 4.78 is 0. The zero-order valence-corrected chi connectivity index (χ0v) is 9.86. The molecule has 0 saturated carbocycles. The lowest BCUT2D eigenvalue weighted by Crippen LogP contribution is -2.27. The number of fused-ring (bicyclic) bond motifs is 1.